The number of nitrogen functional groups attached to an aromatic ring is 1. The number of hydrogen-bond donors (Lipinski definition) is 1. The van der Waals surface area contributed by atoms with Gasteiger partial charge in [0.05, 0.1) is 24.2 Å². The van der Waals surface area contributed by atoms with Crippen LogP contribution in [0.4, 0.5) is 11.5 Å². The van der Waals surface area contributed by atoms with Gasteiger partial charge in [-0.2, -0.15) is 4.98 Å². The van der Waals surface area contributed by atoms with E-state index in [9.17, 15) is 10.1 Å². The molecule has 0 saturated carbocycles. The maximum atomic E-state index is 10.7. The number of aromatic nitrogens is 1. The third kappa shape index (κ3) is 3.09. The molecule has 98 valence electrons. The molecule has 0 amide bonds. The van der Waals surface area contributed by atoms with Gasteiger partial charge in [-0.15, -0.1) is 0 Å². The van der Waals surface area contributed by atoms with Crippen LogP contribution >= 0.6 is 0 Å². The highest BCUT2D eigenvalue weighted by Gasteiger charge is 2.11. The molecule has 0 saturated heterocycles. The smallest absolute Gasteiger partial charge is 0.278 e. The van der Waals surface area contributed by atoms with E-state index in [1.165, 1.54) is 19.2 Å². The van der Waals surface area contributed by atoms with Crippen molar-refractivity contribution >= 4 is 11.5 Å². The first-order valence-corrected chi connectivity index (χ1v) is 5.32. The zero-order valence-electron chi connectivity index (χ0n) is 10.1. The molecule has 19 heavy (non-hydrogen) atoms. The van der Waals surface area contributed by atoms with Crippen LogP contribution in [0.3, 0.4) is 0 Å². The fourth-order valence-electron chi connectivity index (χ4n) is 1.45. The lowest BCUT2D eigenvalue weighted by Gasteiger charge is -2.06. The van der Waals surface area contributed by atoms with E-state index in [0.29, 0.717) is 11.5 Å². The molecule has 0 aliphatic heterocycles. The molecule has 0 bridgehead atoms. The lowest BCUT2D eigenvalue weighted by Crippen LogP contribution is -1.97. The van der Waals surface area contributed by atoms with Gasteiger partial charge in [-0.05, 0) is 12.1 Å². The highest BCUT2D eigenvalue weighted by atomic mass is 16.6. The van der Waals surface area contributed by atoms with Crippen LogP contribution in [0, 0.1) is 10.1 Å². The lowest BCUT2D eigenvalue weighted by atomic mass is 10.3. The van der Waals surface area contributed by atoms with E-state index >= 15 is 0 Å². The number of benzene rings is 1. The summed E-state index contributed by atoms with van der Waals surface area (Å²) in [5.41, 5.74) is 5.31. The van der Waals surface area contributed by atoms with Crippen molar-refractivity contribution in [3.63, 3.8) is 0 Å². The second-order valence-corrected chi connectivity index (χ2v) is 3.63. The van der Waals surface area contributed by atoms with Gasteiger partial charge in [-0.3, -0.25) is 10.1 Å². The first-order valence-electron chi connectivity index (χ1n) is 5.32. The molecule has 2 rings (SSSR count). The lowest BCUT2D eigenvalue weighted by molar-refractivity contribution is -0.384. The monoisotopic (exact) mass is 261 g/mol. The van der Waals surface area contributed by atoms with Crippen molar-refractivity contribution in [2.75, 3.05) is 12.8 Å². The molecule has 7 nitrogen and oxygen atoms in total. The maximum absolute atomic E-state index is 10.7. The molecule has 7 heteroatoms. The molecule has 0 radical (unpaired) electrons. The Bertz CT molecular complexity index is 616. The Balaban J connectivity index is 2.29. The fourth-order valence-corrected chi connectivity index (χ4v) is 1.45. The largest absolute Gasteiger partial charge is 0.497 e. The predicted molar refractivity (Wildman–Crippen MR) is 68.4 cm³/mol. The van der Waals surface area contributed by atoms with Crippen molar-refractivity contribution in [2.24, 2.45) is 0 Å². The fraction of sp³-hybridized carbons (Fsp3) is 0.0833. The predicted octanol–water partition coefficient (Wildman–Crippen LogP) is 2.37. The first kappa shape index (κ1) is 12.6. The number of anilines is 1. The molecule has 0 atom stereocenters. The van der Waals surface area contributed by atoms with Crippen molar-refractivity contribution in [3.05, 3.63) is 46.5 Å². The van der Waals surface area contributed by atoms with Crippen LogP contribution in [0.1, 0.15) is 0 Å². The minimum absolute atomic E-state index is 0.0205. The molecule has 2 N–H and O–H groups in total. The Morgan fingerprint density at radius 2 is 2.00 bits per heavy atom. The van der Waals surface area contributed by atoms with Gasteiger partial charge < -0.3 is 15.2 Å². The summed E-state index contributed by atoms with van der Waals surface area (Å²) < 4.78 is 10.5. The van der Waals surface area contributed by atoms with E-state index in [0.717, 1.165) is 0 Å². The summed E-state index contributed by atoms with van der Waals surface area (Å²) in [6.07, 6.45) is 0. The number of methoxy groups -OCH3 is 1. The van der Waals surface area contributed by atoms with Crippen LogP contribution in [-0.2, 0) is 0 Å². The molecule has 2 aromatic rings. The molecule has 1 aromatic heterocycles. The number of ether oxygens (including phenoxy) is 2. The summed E-state index contributed by atoms with van der Waals surface area (Å²) in [5, 5.41) is 10.7. The van der Waals surface area contributed by atoms with E-state index < -0.39 is 4.92 Å². The molecule has 0 aliphatic rings. The second kappa shape index (κ2) is 5.21. The standard InChI is InChI=1S/C12H11N3O4/c1-18-9-3-2-4-10(7-9)19-12-6-8(15(16)17)5-11(13)14-12/h2-7H,1H3,(H2,13,14). The van der Waals surface area contributed by atoms with Gasteiger partial charge in [0.15, 0.2) is 0 Å². The number of rotatable bonds is 4. The maximum Gasteiger partial charge on any atom is 0.278 e. The zero-order valence-corrected chi connectivity index (χ0v) is 10.1. The Kier molecular flexibility index (Phi) is 3.46. The van der Waals surface area contributed by atoms with Crippen LogP contribution in [0.5, 0.6) is 17.4 Å². The van der Waals surface area contributed by atoms with Gasteiger partial charge in [0.2, 0.25) is 5.88 Å². The van der Waals surface area contributed by atoms with Crippen molar-refractivity contribution in [1.82, 2.24) is 4.98 Å². The number of hydrogen-bond acceptors (Lipinski definition) is 6. The number of nitrogens with two attached hydrogens (primary N) is 1. The van der Waals surface area contributed by atoms with Crippen LogP contribution in [0.25, 0.3) is 0 Å². The van der Waals surface area contributed by atoms with Crippen molar-refractivity contribution < 1.29 is 14.4 Å². The van der Waals surface area contributed by atoms with E-state index in [1.807, 2.05) is 0 Å². The summed E-state index contributed by atoms with van der Waals surface area (Å²) >= 11 is 0. The highest BCUT2D eigenvalue weighted by molar-refractivity contribution is 5.46. The van der Waals surface area contributed by atoms with E-state index in [-0.39, 0.29) is 17.4 Å². The summed E-state index contributed by atoms with van der Waals surface area (Å²) in [6.45, 7) is 0. The topological polar surface area (TPSA) is 101 Å². The summed E-state index contributed by atoms with van der Waals surface area (Å²) in [5.74, 6) is 1.13. The van der Waals surface area contributed by atoms with Gasteiger partial charge in [0.1, 0.15) is 17.3 Å². The Morgan fingerprint density at radius 1 is 1.26 bits per heavy atom. The SMILES string of the molecule is COc1cccc(Oc2cc([N+](=O)[O-])cc(N)n2)c1. The molecule has 1 aromatic carbocycles. The van der Waals surface area contributed by atoms with Crippen molar-refractivity contribution in [2.45, 2.75) is 0 Å². The van der Waals surface area contributed by atoms with Gasteiger partial charge >= 0.3 is 0 Å². The second-order valence-electron chi connectivity index (χ2n) is 3.63. The van der Waals surface area contributed by atoms with Crippen LogP contribution < -0.4 is 15.2 Å². The molecule has 0 spiro atoms. The van der Waals surface area contributed by atoms with Crippen molar-refractivity contribution in [1.29, 1.82) is 0 Å². The molecular weight excluding hydrogens is 250 g/mol. The average Bonchev–Trinajstić information content (AvgIpc) is 2.38. The van der Waals surface area contributed by atoms with Gasteiger partial charge in [-0.25, -0.2) is 0 Å². The summed E-state index contributed by atoms with van der Waals surface area (Å²) in [7, 11) is 1.53. The molecule has 0 fully saturated rings. The van der Waals surface area contributed by atoms with Gasteiger partial charge in [0.25, 0.3) is 5.69 Å². The normalized spacial score (nSPS) is 9.95. The number of nitro groups is 1. The quantitative estimate of drug-likeness (QED) is 0.669. The third-order valence-corrected chi connectivity index (χ3v) is 2.28. The molecule has 0 unspecified atom stereocenters. The average molecular weight is 261 g/mol. The van der Waals surface area contributed by atoms with E-state index in [1.54, 1.807) is 24.3 Å². The van der Waals surface area contributed by atoms with Gasteiger partial charge in [-0.1, -0.05) is 6.07 Å². The van der Waals surface area contributed by atoms with Crippen LogP contribution in [-0.4, -0.2) is 17.0 Å². The number of pyridine rings is 1. The highest BCUT2D eigenvalue weighted by Crippen LogP contribution is 2.27. The Labute approximate surface area is 108 Å². The molecule has 0 aliphatic carbocycles. The molecular formula is C12H11N3O4. The number of nitrogens with zero attached hydrogens (tertiary/aromatic N) is 2. The minimum atomic E-state index is -0.559. The molecule has 1 heterocycles. The van der Waals surface area contributed by atoms with E-state index in [2.05, 4.69) is 4.98 Å². The third-order valence-electron chi connectivity index (χ3n) is 2.28. The van der Waals surface area contributed by atoms with Gasteiger partial charge in [0, 0.05) is 6.07 Å². The summed E-state index contributed by atoms with van der Waals surface area (Å²) in [6, 6.07) is 9.17. The zero-order chi connectivity index (χ0) is 13.8. The Hall–Kier alpha value is -2.83. The minimum Gasteiger partial charge on any atom is -0.497 e. The van der Waals surface area contributed by atoms with E-state index in [4.69, 9.17) is 15.2 Å². The van der Waals surface area contributed by atoms with Crippen LogP contribution in [0.15, 0.2) is 36.4 Å². The van der Waals surface area contributed by atoms with Crippen LogP contribution in [0.2, 0.25) is 0 Å². The first-order chi connectivity index (χ1) is 9.08. The summed E-state index contributed by atoms with van der Waals surface area (Å²) in [4.78, 5) is 14.0. The van der Waals surface area contributed by atoms with Crippen molar-refractivity contribution in [3.8, 4) is 17.4 Å². The Morgan fingerprint density at radius 3 is 2.68 bits per heavy atom.